The number of nitrogens with zero attached hydrogens (tertiary/aromatic N) is 6. The van der Waals surface area contributed by atoms with Crippen LogP contribution in [0.3, 0.4) is 0 Å². The van der Waals surface area contributed by atoms with E-state index in [-0.39, 0.29) is 12.6 Å². The van der Waals surface area contributed by atoms with Crippen molar-refractivity contribution >= 4 is 17.6 Å². The number of carbonyl (C=O) groups excluding carboxylic acids is 1. The van der Waals surface area contributed by atoms with Crippen LogP contribution >= 0.6 is 0 Å². The molecule has 0 atom stereocenters. The van der Waals surface area contributed by atoms with E-state index in [1.54, 1.807) is 18.6 Å². The predicted molar refractivity (Wildman–Crippen MR) is 143 cm³/mol. The summed E-state index contributed by atoms with van der Waals surface area (Å²) in [6.07, 6.45) is 17.2. The fourth-order valence-electron chi connectivity index (χ4n) is 8.03. The van der Waals surface area contributed by atoms with Crippen LogP contribution in [0.1, 0.15) is 61.5 Å². The maximum atomic E-state index is 13.3. The summed E-state index contributed by atoms with van der Waals surface area (Å²) in [5.41, 5.74) is 11.3. The minimum absolute atomic E-state index is 0.207. The summed E-state index contributed by atoms with van der Waals surface area (Å²) in [5.74, 6) is 2.51. The highest BCUT2D eigenvalue weighted by molar-refractivity contribution is 6.03. The molecule has 0 amide bonds. The fourth-order valence-corrected chi connectivity index (χ4v) is 8.03. The number of aromatic nitrogens is 6. The van der Waals surface area contributed by atoms with Gasteiger partial charge < -0.3 is 10.5 Å². The molecule has 4 aliphatic carbocycles. The van der Waals surface area contributed by atoms with Crippen molar-refractivity contribution in [3.8, 4) is 22.4 Å². The van der Waals surface area contributed by atoms with Gasteiger partial charge in [-0.1, -0.05) is 0 Å². The van der Waals surface area contributed by atoms with Crippen LogP contribution in [0.15, 0.2) is 37.1 Å². The number of anilines is 1. The average molecular weight is 512 g/mol. The van der Waals surface area contributed by atoms with E-state index in [1.807, 2.05) is 29.8 Å². The Balaban J connectivity index is 1.29. The molecule has 9 nitrogen and oxygen atoms in total. The van der Waals surface area contributed by atoms with Crippen LogP contribution in [0.25, 0.3) is 28.0 Å². The number of esters is 1. The van der Waals surface area contributed by atoms with Crippen LogP contribution in [0.2, 0.25) is 0 Å². The molecule has 38 heavy (non-hydrogen) atoms. The number of nitrogen functional groups attached to an aromatic ring is 1. The topological polar surface area (TPSA) is 113 Å². The Morgan fingerprint density at radius 1 is 1.03 bits per heavy atom. The summed E-state index contributed by atoms with van der Waals surface area (Å²) in [5, 5.41) is 4.86. The first-order valence-corrected chi connectivity index (χ1v) is 13.7. The van der Waals surface area contributed by atoms with Gasteiger partial charge in [0, 0.05) is 47.5 Å². The Labute approximate surface area is 221 Å². The highest BCUT2D eigenvalue weighted by Crippen LogP contribution is 2.60. The van der Waals surface area contributed by atoms with Crippen molar-refractivity contribution in [2.45, 2.75) is 58.9 Å². The van der Waals surface area contributed by atoms with Crippen molar-refractivity contribution < 1.29 is 9.53 Å². The molecule has 2 N–H and O–H groups in total. The lowest BCUT2D eigenvalue weighted by Gasteiger charge is -2.56. The summed E-state index contributed by atoms with van der Waals surface area (Å²) in [4.78, 5) is 26.2. The molecule has 0 unspecified atom stereocenters. The van der Waals surface area contributed by atoms with Gasteiger partial charge >= 0.3 is 5.97 Å². The van der Waals surface area contributed by atoms with E-state index in [9.17, 15) is 4.79 Å². The van der Waals surface area contributed by atoms with Crippen LogP contribution in [0.5, 0.6) is 0 Å². The number of hydrogen-bond acceptors (Lipinski definition) is 7. The fraction of sp³-hybridized carbons (Fsp3) is 0.483. The second kappa shape index (κ2) is 8.64. The van der Waals surface area contributed by atoms with Gasteiger partial charge in [-0.3, -0.25) is 9.08 Å². The van der Waals surface area contributed by atoms with Crippen molar-refractivity contribution in [2.75, 3.05) is 12.3 Å². The zero-order valence-corrected chi connectivity index (χ0v) is 21.9. The first kappa shape index (κ1) is 23.4. The standard InChI is InChI=1S/C29H33N7O2/c1-3-38-27(37)25-22(4-5-35-24(15-31-26(25)35)21-12-32-28(30)33-13-21)23-14-34-36(17(23)2)16-29-9-18-6-19(10-29)8-20(7-18)11-29/h4-5,12-15,18-20H,3,6-11,16H2,1-2H3,(H2,30,32,33). The Morgan fingerprint density at radius 2 is 1.71 bits per heavy atom. The van der Waals surface area contributed by atoms with Gasteiger partial charge in [-0.25, -0.2) is 19.7 Å². The third-order valence-corrected chi connectivity index (χ3v) is 9.17. The molecular formula is C29H33N7O2. The number of pyridine rings is 1. The number of nitrogens with two attached hydrogens (primary N) is 1. The molecule has 4 aromatic heterocycles. The molecule has 0 aliphatic heterocycles. The maximum Gasteiger partial charge on any atom is 0.342 e. The molecule has 4 bridgehead atoms. The number of ether oxygens (including phenoxy) is 1. The molecule has 9 heteroatoms. The van der Waals surface area contributed by atoms with E-state index in [4.69, 9.17) is 15.6 Å². The Bertz CT molecular complexity index is 1500. The van der Waals surface area contributed by atoms with Crippen LogP contribution in [-0.4, -0.2) is 41.7 Å². The second-order valence-electron chi connectivity index (χ2n) is 11.7. The summed E-state index contributed by atoms with van der Waals surface area (Å²) in [6, 6.07) is 1.96. The minimum atomic E-state index is -0.396. The molecule has 0 radical (unpaired) electrons. The first-order chi connectivity index (χ1) is 18.4. The number of rotatable bonds is 6. The smallest absolute Gasteiger partial charge is 0.342 e. The van der Waals surface area contributed by atoms with E-state index in [0.29, 0.717) is 16.6 Å². The summed E-state index contributed by atoms with van der Waals surface area (Å²) in [6.45, 7) is 5.17. The number of hydrogen-bond donors (Lipinski definition) is 1. The molecule has 0 spiro atoms. The predicted octanol–water partition coefficient (Wildman–Crippen LogP) is 4.94. The lowest BCUT2D eigenvalue weighted by molar-refractivity contribution is -0.0638. The quantitative estimate of drug-likeness (QED) is 0.365. The molecule has 4 aromatic rings. The van der Waals surface area contributed by atoms with Gasteiger partial charge in [-0.2, -0.15) is 5.10 Å². The van der Waals surface area contributed by atoms with Crippen molar-refractivity contribution in [3.05, 3.63) is 48.3 Å². The average Bonchev–Trinajstić information content (AvgIpc) is 3.46. The second-order valence-corrected chi connectivity index (χ2v) is 11.7. The van der Waals surface area contributed by atoms with Crippen molar-refractivity contribution in [1.82, 2.24) is 29.1 Å². The largest absolute Gasteiger partial charge is 0.462 e. The summed E-state index contributed by atoms with van der Waals surface area (Å²) < 4.78 is 9.57. The third kappa shape index (κ3) is 3.70. The van der Waals surface area contributed by atoms with Gasteiger partial charge in [-0.15, -0.1) is 0 Å². The molecule has 4 heterocycles. The van der Waals surface area contributed by atoms with Crippen LogP contribution in [-0.2, 0) is 11.3 Å². The van der Waals surface area contributed by atoms with E-state index in [0.717, 1.165) is 52.4 Å². The maximum absolute atomic E-state index is 13.3. The van der Waals surface area contributed by atoms with Gasteiger partial charge in [0.15, 0.2) is 5.65 Å². The van der Waals surface area contributed by atoms with E-state index in [1.165, 1.54) is 38.5 Å². The summed E-state index contributed by atoms with van der Waals surface area (Å²) >= 11 is 0. The van der Waals surface area contributed by atoms with Crippen molar-refractivity contribution in [2.24, 2.45) is 23.2 Å². The highest BCUT2D eigenvalue weighted by atomic mass is 16.5. The minimum Gasteiger partial charge on any atom is -0.462 e. The third-order valence-electron chi connectivity index (χ3n) is 9.17. The van der Waals surface area contributed by atoms with Gasteiger partial charge in [0.1, 0.15) is 5.56 Å². The monoisotopic (exact) mass is 511 g/mol. The Hall–Kier alpha value is -3.75. The lowest BCUT2D eigenvalue weighted by atomic mass is 9.49. The Kier molecular flexibility index (Phi) is 5.32. The molecular weight excluding hydrogens is 478 g/mol. The first-order valence-electron chi connectivity index (χ1n) is 13.7. The molecule has 196 valence electrons. The number of imidazole rings is 1. The van der Waals surface area contributed by atoms with E-state index in [2.05, 4.69) is 26.6 Å². The molecule has 0 saturated heterocycles. The highest BCUT2D eigenvalue weighted by Gasteiger charge is 2.51. The van der Waals surface area contributed by atoms with E-state index >= 15 is 0 Å². The molecule has 8 rings (SSSR count). The Morgan fingerprint density at radius 3 is 2.37 bits per heavy atom. The van der Waals surface area contributed by atoms with Crippen molar-refractivity contribution in [3.63, 3.8) is 0 Å². The molecule has 4 aliphatic rings. The summed E-state index contributed by atoms with van der Waals surface area (Å²) in [7, 11) is 0. The van der Waals surface area contributed by atoms with Crippen LogP contribution < -0.4 is 5.73 Å². The zero-order valence-electron chi connectivity index (χ0n) is 21.9. The normalized spacial score (nSPS) is 25.8. The molecule has 4 saturated carbocycles. The molecule has 0 aromatic carbocycles. The number of carbonyl (C=O) groups is 1. The van der Waals surface area contributed by atoms with Crippen LogP contribution in [0, 0.1) is 30.1 Å². The van der Waals surface area contributed by atoms with Crippen LogP contribution in [0.4, 0.5) is 5.95 Å². The van der Waals surface area contributed by atoms with E-state index < -0.39 is 5.97 Å². The van der Waals surface area contributed by atoms with Crippen molar-refractivity contribution in [1.29, 1.82) is 0 Å². The number of fused-ring (bicyclic) bond motifs is 1. The SMILES string of the molecule is CCOC(=O)c1c(-c2cnn(CC34CC5CC(CC(C5)C3)C4)c2C)ccn2c(-c3cnc(N)nc3)cnc12. The molecule has 4 fully saturated rings. The lowest BCUT2D eigenvalue weighted by Crippen LogP contribution is -2.48. The zero-order chi connectivity index (χ0) is 26.0. The van der Waals surface area contributed by atoms with Gasteiger partial charge in [0.05, 0.1) is 24.7 Å². The van der Waals surface area contributed by atoms with Gasteiger partial charge in [-0.05, 0) is 81.6 Å². The van der Waals surface area contributed by atoms with Gasteiger partial charge in [0.2, 0.25) is 5.95 Å². The van der Waals surface area contributed by atoms with Gasteiger partial charge in [0.25, 0.3) is 0 Å².